The normalized spacial score (nSPS) is 14.3. The second-order valence-corrected chi connectivity index (χ2v) is 8.33. The van der Waals surface area contributed by atoms with Gasteiger partial charge in [0.2, 0.25) is 0 Å². The predicted octanol–water partition coefficient (Wildman–Crippen LogP) is 3.37. The Balaban J connectivity index is 1.44. The summed E-state index contributed by atoms with van der Waals surface area (Å²) in [5.74, 6) is -0.443. The molecule has 0 bridgehead atoms. The number of hydrogen-bond acceptors (Lipinski definition) is 6. The van der Waals surface area contributed by atoms with Crippen molar-refractivity contribution < 1.29 is 27.5 Å². The maximum Gasteiger partial charge on any atom is 0.327 e. The van der Waals surface area contributed by atoms with Gasteiger partial charge < -0.3 is 9.47 Å². The number of hydrogen-bond donors (Lipinski definition) is 0. The molecular weight excluding hydrogens is 406 g/mol. The summed E-state index contributed by atoms with van der Waals surface area (Å²) in [5.41, 5.74) is 0.653. The number of benzene rings is 3. The first-order chi connectivity index (χ1) is 14.5. The fourth-order valence-electron chi connectivity index (χ4n) is 3.05. The van der Waals surface area contributed by atoms with E-state index >= 15 is 0 Å². The van der Waals surface area contributed by atoms with Gasteiger partial charge in [-0.25, -0.2) is 12.7 Å². The molecule has 8 heteroatoms. The van der Waals surface area contributed by atoms with E-state index in [2.05, 4.69) is 0 Å². The zero-order valence-electron chi connectivity index (χ0n) is 15.7. The molecular formula is C22H17NO6S. The number of sulfonamides is 1. The average molecular weight is 423 g/mol. The minimum atomic E-state index is -4.06. The van der Waals surface area contributed by atoms with Crippen molar-refractivity contribution in [1.29, 1.82) is 0 Å². The minimum Gasteiger partial charge on any atom is -0.459 e. The highest BCUT2D eigenvalue weighted by molar-refractivity contribution is 7.90. The summed E-state index contributed by atoms with van der Waals surface area (Å²) in [5, 5.41) is 0. The molecule has 0 radical (unpaired) electrons. The van der Waals surface area contributed by atoms with Gasteiger partial charge in [0, 0.05) is 5.56 Å². The van der Waals surface area contributed by atoms with E-state index in [1.807, 2.05) is 18.2 Å². The van der Waals surface area contributed by atoms with Crippen LogP contribution >= 0.6 is 0 Å². The zero-order chi connectivity index (χ0) is 21.1. The summed E-state index contributed by atoms with van der Waals surface area (Å²) in [7, 11) is -4.06. The van der Waals surface area contributed by atoms with Gasteiger partial charge in [-0.15, -0.1) is 0 Å². The van der Waals surface area contributed by atoms with Crippen molar-refractivity contribution in [3.8, 4) is 11.5 Å². The number of amides is 1. The van der Waals surface area contributed by atoms with Crippen LogP contribution in [0, 0.1) is 0 Å². The first-order valence-corrected chi connectivity index (χ1v) is 10.5. The number of ether oxygens (including phenoxy) is 2. The van der Waals surface area contributed by atoms with E-state index in [0.29, 0.717) is 21.4 Å². The first-order valence-electron chi connectivity index (χ1n) is 9.09. The average Bonchev–Trinajstić information content (AvgIpc) is 2.95. The van der Waals surface area contributed by atoms with Crippen LogP contribution in [0.3, 0.4) is 0 Å². The van der Waals surface area contributed by atoms with Crippen molar-refractivity contribution in [3.63, 3.8) is 0 Å². The summed E-state index contributed by atoms with van der Waals surface area (Å²) in [6.07, 6.45) is 0. The number of rotatable bonds is 6. The van der Waals surface area contributed by atoms with E-state index in [4.69, 9.17) is 9.47 Å². The molecule has 0 aromatic heterocycles. The molecule has 0 saturated heterocycles. The van der Waals surface area contributed by atoms with Crippen LogP contribution in [0.2, 0.25) is 0 Å². The van der Waals surface area contributed by atoms with Gasteiger partial charge in [-0.05, 0) is 30.3 Å². The van der Waals surface area contributed by atoms with E-state index in [0.717, 1.165) is 0 Å². The smallest absolute Gasteiger partial charge is 0.327 e. The lowest BCUT2D eigenvalue weighted by atomic mass is 10.2. The Hall–Kier alpha value is -3.65. The van der Waals surface area contributed by atoms with Crippen LogP contribution in [0.1, 0.15) is 15.9 Å². The molecule has 0 atom stereocenters. The SMILES string of the molecule is O=C(CN1C(=O)c2ccccc2S1(=O)=O)OCc1ccccc1Oc1ccccc1. The number of nitrogens with zero attached hydrogens (tertiary/aromatic N) is 1. The van der Waals surface area contributed by atoms with Crippen molar-refractivity contribution in [3.05, 3.63) is 90.0 Å². The number of esters is 1. The molecule has 30 heavy (non-hydrogen) atoms. The fraction of sp³-hybridized carbons (Fsp3) is 0.0909. The van der Waals surface area contributed by atoms with Gasteiger partial charge in [0.1, 0.15) is 29.5 Å². The van der Waals surface area contributed by atoms with Gasteiger partial charge in [0.05, 0.1) is 5.56 Å². The molecule has 0 N–H and O–H groups in total. The Morgan fingerprint density at radius 2 is 1.53 bits per heavy atom. The summed E-state index contributed by atoms with van der Waals surface area (Å²) in [6.45, 7) is -0.825. The number of fused-ring (bicyclic) bond motifs is 1. The maximum absolute atomic E-state index is 12.5. The van der Waals surface area contributed by atoms with Crippen LogP contribution in [0.15, 0.2) is 83.8 Å². The van der Waals surface area contributed by atoms with E-state index in [-0.39, 0.29) is 17.1 Å². The monoisotopic (exact) mass is 423 g/mol. The quantitative estimate of drug-likeness (QED) is 0.565. The molecule has 7 nitrogen and oxygen atoms in total. The van der Waals surface area contributed by atoms with Crippen LogP contribution in [0.4, 0.5) is 0 Å². The van der Waals surface area contributed by atoms with Crippen LogP contribution < -0.4 is 4.74 Å². The molecule has 0 fully saturated rings. The zero-order valence-corrected chi connectivity index (χ0v) is 16.5. The number of carbonyl (C=O) groups excluding carboxylic acids is 2. The molecule has 152 valence electrons. The van der Waals surface area contributed by atoms with Gasteiger partial charge >= 0.3 is 5.97 Å². The van der Waals surface area contributed by atoms with Gasteiger partial charge in [-0.1, -0.05) is 48.5 Å². The van der Waals surface area contributed by atoms with Gasteiger partial charge in [-0.3, -0.25) is 9.59 Å². The highest BCUT2D eigenvalue weighted by atomic mass is 32.2. The Morgan fingerprint density at radius 3 is 2.30 bits per heavy atom. The van der Waals surface area contributed by atoms with Crippen molar-refractivity contribution in [2.45, 2.75) is 11.5 Å². The van der Waals surface area contributed by atoms with Crippen molar-refractivity contribution in [2.75, 3.05) is 6.54 Å². The van der Waals surface area contributed by atoms with E-state index in [1.54, 1.807) is 42.5 Å². The van der Waals surface area contributed by atoms with Gasteiger partial charge in [-0.2, -0.15) is 0 Å². The molecule has 0 unspecified atom stereocenters. The Morgan fingerprint density at radius 1 is 0.867 bits per heavy atom. The van der Waals surface area contributed by atoms with E-state index in [1.165, 1.54) is 18.2 Å². The van der Waals surface area contributed by atoms with Gasteiger partial charge in [0.25, 0.3) is 15.9 Å². The lowest BCUT2D eigenvalue weighted by Crippen LogP contribution is -2.35. The Labute approximate surface area is 173 Å². The van der Waals surface area contributed by atoms with Crippen LogP contribution in [-0.2, 0) is 26.2 Å². The molecule has 1 aliphatic rings. The molecule has 0 spiro atoms. The lowest BCUT2D eigenvalue weighted by Gasteiger charge is -2.15. The lowest BCUT2D eigenvalue weighted by molar-refractivity contribution is -0.144. The third kappa shape index (κ3) is 3.77. The molecule has 1 heterocycles. The second-order valence-electron chi connectivity index (χ2n) is 6.50. The van der Waals surface area contributed by atoms with E-state index < -0.39 is 28.4 Å². The molecule has 3 aromatic carbocycles. The Kier molecular flexibility index (Phi) is 5.24. The summed E-state index contributed by atoms with van der Waals surface area (Å²) in [6, 6.07) is 22.0. The van der Waals surface area contributed by atoms with Crippen molar-refractivity contribution in [2.24, 2.45) is 0 Å². The number of carbonyl (C=O) groups is 2. The molecule has 3 aromatic rings. The van der Waals surface area contributed by atoms with Crippen molar-refractivity contribution >= 4 is 21.9 Å². The molecule has 4 rings (SSSR count). The fourth-order valence-corrected chi connectivity index (χ4v) is 4.56. The van der Waals surface area contributed by atoms with E-state index in [9.17, 15) is 18.0 Å². The first kappa shape index (κ1) is 19.7. The minimum absolute atomic E-state index is 0.0481. The third-order valence-corrected chi connectivity index (χ3v) is 6.30. The topological polar surface area (TPSA) is 90.0 Å². The maximum atomic E-state index is 12.5. The summed E-state index contributed by atoms with van der Waals surface area (Å²) in [4.78, 5) is 24.6. The second kappa shape index (κ2) is 8.00. The molecule has 0 saturated carbocycles. The summed E-state index contributed by atoms with van der Waals surface area (Å²) < 4.78 is 36.7. The molecule has 0 aliphatic carbocycles. The molecule has 1 aliphatic heterocycles. The predicted molar refractivity (Wildman–Crippen MR) is 107 cm³/mol. The number of para-hydroxylation sites is 2. The summed E-state index contributed by atoms with van der Waals surface area (Å²) >= 11 is 0. The highest BCUT2D eigenvalue weighted by Gasteiger charge is 2.42. The van der Waals surface area contributed by atoms with Crippen LogP contribution in [-0.4, -0.2) is 31.1 Å². The van der Waals surface area contributed by atoms with Crippen LogP contribution in [0.25, 0.3) is 0 Å². The van der Waals surface area contributed by atoms with Crippen LogP contribution in [0.5, 0.6) is 11.5 Å². The highest BCUT2D eigenvalue weighted by Crippen LogP contribution is 2.30. The largest absolute Gasteiger partial charge is 0.459 e. The Bertz CT molecular complexity index is 1210. The van der Waals surface area contributed by atoms with Gasteiger partial charge in [0.15, 0.2) is 0 Å². The standard InChI is InChI=1S/C22H17NO6S/c24-21(14-23-22(25)18-11-5-7-13-20(18)30(23,26)27)28-15-16-8-4-6-12-19(16)29-17-9-2-1-3-10-17/h1-13H,14-15H2. The third-order valence-electron chi connectivity index (χ3n) is 4.52. The molecule has 1 amide bonds. The van der Waals surface area contributed by atoms with Crippen molar-refractivity contribution in [1.82, 2.24) is 4.31 Å².